The summed E-state index contributed by atoms with van der Waals surface area (Å²) in [7, 11) is 1.94. The number of ether oxygens (including phenoxy) is 2. The molecule has 4 rings (SSSR count). The van der Waals surface area contributed by atoms with Crippen molar-refractivity contribution in [2.24, 2.45) is 7.05 Å². The monoisotopic (exact) mass is 385 g/mol. The molecule has 0 bridgehead atoms. The molecule has 0 fully saturated rings. The van der Waals surface area contributed by atoms with Gasteiger partial charge in [0.05, 0.1) is 42.2 Å². The van der Waals surface area contributed by atoms with Gasteiger partial charge in [-0.2, -0.15) is 0 Å². The minimum Gasteiger partial charge on any atom is -0.489 e. The third-order valence-corrected chi connectivity index (χ3v) is 4.83. The Morgan fingerprint density at radius 3 is 2.93 bits per heavy atom. The molecular formula is C20H20ClN3O3. The molecule has 6 nitrogen and oxygen atoms in total. The number of nitrogens with one attached hydrogen (secondary N) is 1. The number of hydrogen-bond acceptors (Lipinski definition) is 4. The van der Waals surface area contributed by atoms with E-state index in [0.717, 1.165) is 28.8 Å². The highest BCUT2D eigenvalue weighted by molar-refractivity contribution is 6.32. The quantitative estimate of drug-likeness (QED) is 0.748. The maximum Gasteiger partial charge on any atom is 0.224 e. The number of carbonyl (C=O) groups is 1. The summed E-state index contributed by atoms with van der Waals surface area (Å²) in [5.74, 6) is 1.85. The van der Waals surface area contributed by atoms with Crippen molar-refractivity contribution in [2.75, 3.05) is 13.2 Å². The predicted octanol–water partition coefficient (Wildman–Crippen LogP) is 3.25. The lowest BCUT2D eigenvalue weighted by molar-refractivity contribution is -0.120. The van der Waals surface area contributed by atoms with Gasteiger partial charge in [-0.3, -0.25) is 4.79 Å². The van der Waals surface area contributed by atoms with Crippen molar-refractivity contribution in [3.63, 3.8) is 0 Å². The van der Waals surface area contributed by atoms with Gasteiger partial charge in [-0.15, -0.1) is 0 Å². The Morgan fingerprint density at radius 2 is 2.07 bits per heavy atom. The number of fused-ring (bicyclic) bond motifs is 2. The number of imidazole rings is 1. The molecule has 1 N–H and O–H groups in total. The van der Waals surface area contributed by atoms with Gasteiger partial charge in [-0.25, -0.2) is 4.98 Å². The molecule has 1 amide bonds. The van der Waals surface area contributed by atoms with Crippen molar-refractivity contribution >= 4 is 28.5 Å². The summed E-state index contributed by atoms with van der Waals surface area (Å²) in [4.78, 5) is 17.0. The molecule has 140 valence electrons. The van der Waals surface area contributed by atoms with Gasteiger partial charge in [0.25, 0.3) is 0 Å². The zero-order valence-electron chi connectivity index (χ0n) is 15.0. The van der Waals surface area contributed by atoms with Gasteiger partial charge in [-0.1, -0.05) is 23.7 Å². The summed E-state index contributed by atoms with van der Waals surface area (Å²) in [6, 6.07) is 11.5. The number of para-hydroxylation sites is 2. The maximum absolute atomic E-state index is 12.4. The van der Waals surface area contributed by atoms with Crippen LogP contribution in [0.15, 0.2) is 36.4 Å². The molecule has 2 heterocycles. The van der Waals surface area contributed by atoms with E-state index in [0.29, 0.717) is 36.3 Å². The first-order valence-electron chi connectivity index (χ1n) is 8.87. The Labute approximate surface area is 162 Å². The molecule has 3 aromatic rings. The molecule has 1 aromatic heterocycles. The molecule has 0 atom stereocenters. The van der Waals surface area contributed by atoms with Crippen LogP contribution in [0.1, 0.15) is 17.8 Å². The van der Waals surface area contributed by atoms with Crippen molar-refractivity contribution < 1.29 is 14.3 Å². The number of aromatic nitrogens is 2. The minimum atomic E-state index is -0.104. The van der Waals surface area contributed by atoms with Crippen LogP contribution in [0.5, 0.6) is 11.5 Å². The number of amides is 1. The van der Waals surface area contributed by atoms with Crippen LogP contribution in [0.25, 0.3) is 11.0 Å². The van der Waals surface area contributed by atoms with Crippen molar-refractivity contribution in [1.82, 2.24) is 14.9 Å². The fourth-order valence-electron chi connectivity index (χ4n) is 3.17. The first-order valence-corrected chi connectivity index (χ1v) is 9.24. The van der Waals surface area contributed by atoms with Gasteiger partial charge in [0, 0.05) is 13.5 Å². The zero-order valence-corrected chi connectivity index (χ0v) is 15.8. The molecular weight excluding hydrogens is 366 g/mol. The minimum absolute atomic E-state index is 0.104. The zero-order chi connectivity index (χ0) is 18.8. The van der Waals surface area contributed by atoms with E-state index in [9.17, 15) is 4.79 Å². The molecule has 0 radical (unpaired) electrons. The number of carbonyl (C=O) groups excluding carboxylic acids is 1. The number of halogens is 1. The molecule has 27 heavy (non-hydrogen) atoms. The SMILES string of the molecule is Cn1c(CNC(=O)Cc2cc(Cl)c3c(c2)OCCCO3)nc2ccccc21. The first-order chi connectivity index (χ1) is 13.1. The third kappa shape index (κ3) is 3.71. The number of benzene rings is 2. The van der Waals surface area contributed by atoms with Crippen molar-refractivity contribution in [3.8, 4) is 11.5 Å². The van der Waals surface area contributed by atoms with Crippen molar-refractivity contribution in [2.45, 2.75) is 19.4 Å². The van der Waals surface area contributed by atoms with Crippen LogP contribution in [0.4, 0.5) is 0 Å². The first kappa shape index (κ1) is 17.7. The van der Waals surface area contributed by atoms with Gasteiger partial charge in [0.15, 0.2) is 11.5 Å². The normalized spacial score (nSPS) is 13.4. The molecule has 0 spiro atoms. The summed E-state index contributed by atoms with van der Waals surface area (Å²) in [6.07, 6.45) is 1.01. The molecule has 2 aromatic carbocycles. The number of hydrogen-bond donors (Lipinski definition) is 1. The lowest BCUT2D eigenvalue weighted by Gasteiger charge is -2.12. The van der Waals surface area contributed by atoms with Crippen LogP contribution in [0.3, 0.4) is 0 Å². The Hall–Kier alpha value is -2.73. The van der Waals surface area contributed by atoms with E-state index in [4.69, 9.17) is 21.1 Å². The Kier molecular flexibility index (Phi) is 4.90. The van der Waals surface area contributed by atoms with E-state index < -0.39 is 0 Å². The lowest BCUT2D eigenvalue weighted by atomic mass is 10.1. The number of rotatable bonds is 4. The highest BCUT2D eigenvalue weighted by Crippen LogP contribution is 2.38. The van der Waals surface area contributed by atoms with E-state index in [-0.39, 0.29) is 12.3 Å². The van der Waals surface area contributed by atoms with Crippen LogP contribution < -0.4 is 14.8 Å². The van der Waals surface area contributed by atoms with Crippen molar-refractivity contribution in [1.29, 1.82) is 0 Å². The largest absolute Gasteiger partial charge is 0.489 e. The molecule has 1 aliphatic rings. The number of nitrogens with zero attached hydrogens (tertiary/aromatic N) is 2. The molecule has 7 heteroatoms. The third-order valence-electron chi connectivity index (χ3n) is 4.55. The van der Waals surface area contributed by atoms with E-state index in [2.05, 4.69) is 10.3 Å². The van der Waals surface area contributed by atoms with Crippen LogP contribution in [-0.2, 0) is 24.8 Å². The summed E-state index contributed by atoms with van der Waals surface area (Å²) in [6.45, 7) is 1.51. The summed E-state index contributed by atoms with van der Waals surface area (Å²) in [5.41, 5.74) is 2.74. The van der Waals surface area contributed by atoms with Gasteiger partial charge >= 0.3 is 0 Å². The molecule has 0 unspecified atom stereocenters. The Bertz CT molecular complexity index is 1000. The highest BCUT2D eigenvalue weighted by atomic mass is 35.5. The molecule has 1 aliphatic heterocycles. The average Bonchev–Trinajstić information content (AvgIpc) is 2.81. The summed E-state index contributed by atoms with van der Waals surface area (Å²) < 4.78 is 13.3. The second-order valence-corrected chi connectivity index (χ2v) is 6.89. The van der Waals surface area contributed by atoms with Crippen molar-refractivity contribution in [3.05, 3.63) is 52.8 Å². The number of aryl methyl sites for hydroxylation is 1. The summed E-state index contributed by atoms with van der Waals surface area (Å²) in [5, 5.41) is 3.39. The van der Waals surface area contributed by atoms with Crippen LogP contribution in [0, 0.1) is 0 Å². The van der Waals surface area contributed by atoms with Crippen LogP contribution in [-0.4, -0.2) is 28.7 Å². The Balaban J connectivity index is 1.44. The predicted molar refractivity (Wildman–Crippen MR) is 103 cm³/mol. The van der Waals surface area contributed by atoms with E-state index in [1.165, 1.54) is 0 Å². The van der Waals surface area contributed by atoms with Gasteiger partial charge in [0.2, 0.25) is 5.91 Å². The Morgan fingerprint density at radius 1 is 1.26 bits per heavy atom. The highest BCUT2D eigenvalue weighted by Gasteiger charge is 2.17. The second-order valence-electron chi connectivity index (χ2n) is 6.48. The van der Waals surface area contributed by atoms with E-state index in [1.54, 1.807) is 6.07 Å². The van der Waals surface area contributed by atoms with E-state index in [1.807, 2.05) is 41.9 Å². The average molecular weight is 386 g/mol. The van der Waals surface area contributed by atoms with Gasteiger partial charge < -0.3 is 19.4 Å². The molecule has 0 saturated carbocycles. The fourth-order valence-corrected chi connectivity index (χ4v) is 3.45. The fraction of sp³-hybridized carbons (Fsp3) is 0.300. The van der Waals surface area contributed by atoms with Gasteiger partial charge in [-0.05, 0) is 29.8 Å². The second kappa shape index (κ2) is 7.48. The lowest BCUT2D eigenvalue weighted by Crippen LogP contribution is -2.26. The molecule has 0 aliphatic carbocycles. The van der Waals surface area contributed by atoms with Crippen LogP contribution >= 0.6 is 11.6 Å². The molecule has 0 saturated heterocycles. The topological polar surface area (TPSA) is 65.4 Å². The van der Waals surface area contributed by atoms with E-state index >= 15 is 0 Å². The summed E-state index contributed by atoms with van der Waals surface area (Å²) >= 11 is 6.29. The van der Waals surface area contributed by atoms with Crippen LogP contribution in [0.2, 0.25) is 5.02 Å². The maximum atomic E-state index is 12.4. The standard InChI is InChI=1S/C20H20ClN3O3/c1-24-16-6-3-2-5-15(16)23-18(24)12-22-19(25)11-13-9-14(21)20-17(10-13)26-7-4-8-27-20/h2-3,5-6,9-10H,4,7-8,11-12H2,1H3,(H,22,25). The van der Waals surface area contributed by atoms with Gasteiger partial charge in [0.1, 0.15) is 5.82 Å². The smallest absolute Gasteiger partial charge is 0.224 e.